The van der Waals surface area contributed by atoms with E-state index in [-0.39, 0.29) is 11.5 Å². The highest BCUT2D eigenvalue weighted by atomic mass is 16.6. The minimum atomic E-state index is -0.799. The minimum Gasteiger partial charge on any atom is -0.444 e. The zero-order valence-corrected chi connectivity index (χ0v) is 12.9. The molecular formula is C17H23NO3. The summed E-state index contributed by atoms with van der Waals surface area (Å²) < 4.78 is 5.38. The Morgan fingerprint density at radius 2 is 1.81 bits per heavy atom. The van der Waals surface area contributed by atoms with E-state index in [1.165, 1.54) is 0 Å². The third-order valence-corrected chi connectivity index (χ3v) is 4.73. The molecule has 0 bridgehead atoms. The Morgan fingerprint density at radius 3 is 2.29 bits per heavy atom. The van der Waals surface area contributed by atoms with Crippen molar-refractivity contribution < 1.29 is 14.6 Å². The smallest absolute Gasteiger partial charge is 0.410 e. The van der Waals surface area contributed by atoms with Gasteiger partial charge in [-0.3, -0.25) is 0 Å². The molecule has 1 unspecified atom stereocenters. The van der Waals surface area contributed by atoms with E-state index < -0.39 is 11.2 Å². The van der Waals surface area contributed by atoms with Gasteiger partial charge in [0.05, 0.1) is 5.60 Å². The number of benzene rings is 1. The van der Waals surface area contributed by atoms with E-state index in [1.807, 2.05) is 51.1 Å². The molecule has 0 aromatic heterocycles. The summed E-state index contributed by atoms with van der Waals surface area (Å²) in [5.74, 6) is 0. The molecule has 1 spiro atoms. The average Bonchev–Trinajstić information content (AvgIpc) is 2.34. The molecule has 3 rings (SSSR count). The van der Waals surface area contributed by atoms with E-state index in [4.69, 9.17) is 4.74 Å². The Hall–Kier alpha value is -1.55. The molecule has 2 fully saturated rings. The van der Waals surface area contributed by atoms with Crippen LogP contribution < -0.4 is 0 Å². The highest BCUT2D eigenvalue weighted by molar-refractivity contribution is 5.70. The Morgan fingerprint density at radius 1 is 1.19 bits per heavy atom. The largest absolute Gasteiger partial charge is 0.444 e. The van der Waals surface area contributed by atoms with Crippen LogP contribution in [0.4, 0.5) is 4.79 Å². The first kappa shape index (κ1) is 14.4. The molecule has 0 radical (unpaired) electrons. The van der Waals surface area contributed by atoms with Crippen LogP contribution in [0.25, 0.3) is 0 Å². The van der Waals surface area contributed by atoms with Crippen molar-refractivity contribution in [3.8, 4) is 0 Å². The highest BCUT2D eigenvalue weighted by Crippen LogP contribution is 2.60. The zero-order chi connectivity index (χ0) is 15.3. The fraction of sp³-hybridized carbons (Fsp3) is 0.588. The molecule has 1 atom stereocenters. The third-order valence-electron chi connectivity index (χ3n) is 4.73. The summed E-state index contributed by atoms with van der Waals surface area (Å²) in [7, 11) is 0. The molecule has 1 N–H and O–H groups in total. The Kier molecular flexibility index (Phi) is 3.06. The SMILES string of the molecule is CC(C)(C)OC(=O)N1CC2(CCC2(O)c2ccccc2)C1. The van der Waals surface area contributed by atoms with Gasteiger partial charge in [0.1, 0.15) is 5.60 Å². The lowest BCUT2D eigenvalue weighted by Gasteiger charge is -2.64. The van der Waals surface area contributed by atoms with Gasteiger partial charge in [0, 0.05) is 18.5 Å². The van der Waals surface area contributed by atoms with E-state index in [0.29, 0.717) is 13.1 Å². The lowest BCUT2D eigenvalue weighted by Crippen LogP contribution is -2.72. The van der Waals surface area contributed by atoms with E-state index in [2.05, 4.69) is 0 Å². The molecule has 1 aliphatic heterocycles. The number of rotatable bonds is 1. The van der Waals surface area contributed by atoms with Crippen molar-refractivity contribution in [1.29, 1.82) is 0 Å². The topological polar surface area (TPSA) is 49.8 Å². The second-order valence-electron chi connectivity index (χ2n) is 7.34. The van der Waals surface area contributed by atoms with Crippen molar-refractivity contribution in [2.24, 2.45) is 5.41 Å². The number of amides is 1. The van der Waals surface area contributed by atoms with Crippen LogP contribution in [0.5, 0.6) is 0 Å². The first-order valence-electron chi connectivity index (χ1n) is 7.52. The fourth-order valence-electron chi connectivity index (χ4n) is 3.44. The molecule has 1 saturated carbocycles. The lowest BCUT2D eigenvalue weighted by atomic mass is 9.50. The summed E-state index contributed by atoms with van der Waals surface area (Å²) in [4.78, 5) is 13.7. The van der Waals surface area contributed by atoms with Gasteiger partial charge in [-0.1, -0.05) is 30.3 Å². The van der Waals surface area contributed by atoms with Crippen LogP contribution in [0.15, 0.2) is 30.3 Å². The van der Waals surface area contributed by atoms with Crippen LogP contribution in [-0.2, 0) is 10.3 Å². The van der Waals surface area contributed by atoms with Crippen LogP contribution in [0, 0.1) is 5.41 Å². The monoisotopic (exact) mass is 289 g/mol. The quantitative estimate of drug-likeness (QED) is 0.865. The Labute approximate surface area is 125 Å². The molecule has 4 nitrogen and oxygen atoms in total. The van der Waals surface area contributed by atoms with Crippen molar-refractivity contribution in [2.45, 2.75) is 44.8 Å². The highest BCUT2D eigenvalue weighted by Gasteiger charge is 2.65. The molecule has 1 aromatic rings. The number of aliphatic hydroxyl groups is 1. The molecule has 1 saturated heterocycles. The average molecular weight is 289 g/mol. The first-order chi connectivity index (χ1) is 9.76. The maximum Gasteiger partial charge on any atom is 0.410 e. The van der Waals surface area contributed by atoms with Gasteiger partial charge in [0.2, 0.25) is 0 Å². The summed E-state index contributed by atoms with van der Waals surface area (Å²) in [6.07, 6.45) is 1.44. The Balaban J connectivity index is 1.69. The van der Waals surface area contributed by atoms with Gasteiger partial charge in [-0.05, 0) is 39.2 Å². The molecule has 1 heterocycles. The summed E-state index contributed by atoms with van der Waals surface area (Å²) >= 11 is 0. The lowest BCUT2D eigenvalue weighted by molar-refractivity contribution is -0.232. The molecule has 4 heteroatoms. The Bertz CT molecular complexity index is 543. The molecule has 1 aliphatic carbocycles. The number of ether oxygens (including phenoxy) is 1. The summed E-state index contributed by atoms with van der Waals surface area (Å²) in [5, 5.41) is 11.0. The number of hydrogen-bond donors (Lipinski definition) is 1. The molecule has 2 aliphatic rings. The second kappa shape index (κ2) is 4.47. The van der Waals surface area contributed by atoms with Crippen LogP contribution in [0.2, 0.25) is 0 Å². The number of likely N-dealkylation sites (tertiary alicyclic amines) is 1. The zero-order valence-electron chi connectivity index (χ0n) is 12.9. The van der Waals surface area contributed by atoms with Crippen LogP contribution in [0.1, 0.15) is 39.2 Å². The fourth-order valence-corrected chi connectivity index (χ4v) is 3.44. The predicted molar refractivity (Wildman–Crippen MR) is 79.8 cm³/mol. The number of carbonyl (C=O) groups is 1. The van der Waals surface area contributed by atoms with E-state index >= 15 is 0 Å². The van der Waals surface area contributed by atoms with Crippen LogP contribution in [0.3, 0.4) is 0 Å². The molecule has 1 amide bonds. The van der Waals surface area contributed by atoms with Crippen molar-refractivity contribution >= 4 is 6.09 Å². The van der Waals surface area contributed by atoms with Gasteiger partial charge < -0.3 is 14.7 Å². The summed E-state index contributed by atoms with van der Waals surface area (Å²) in [6.45, 7) is 6.75. The minimum absolute atomic E-state index is 0.189. The predicted octanol–water partition coefficient (Wildman–Crippen LogP) is 2.91. The van der Waals surface area contributed by atoms with E-state index in [1.54, 1.807) is 4.90 Å². The van der Waals surface area contributed by atoms with Crippen molar-refractivity contribution in [2.75, 3.05) is 13.1 Å². The summed E-state index contributed by atoms with van der Waals surface area (Å²) in [5.41, 5.74) is -0.507. The second-order valence-corrected chi connectivity index (χ2v) is 7.34. The van der Waals surface area contributed by atoms with Crippen LogP contribution >= 0.6 is 0 Å². The molecule has 114 valence electrons. The molecular weight excluding hydrogens is 266 g/mol. The van der Waals surface area contributed by atoms with Crippen LogP contribution in [-0.4, -0.2) is 34.8 Å². The van der Waals surface area contributed by atoms with E-state index in [0.717, 1.165) is 18.4 Å². The molecule has 21 heavy (non-hydrogen) atoms. The van der Waals surface area contributed by atoms with Crippen molar-refractivity contribution in [3.63, 3.8) is 0 Å². The first-order valence-corrected chi connectivity index (χ1v) is 7.52. The van der Waals surface area contributed by atoms with Gasteiger partial charge in [-0.15, -0.1) is 0 Å². The van der Waals surface area contributed by atoms with Gasteiger partial charge in [0.25, 0.3) is 0 Å². The molecule has 1 aromatic carbocycles. The normalized spacial score (nSPS) is 27.0. The maximum absolute atomic E-state index is 12.0. The van der Waals surface area contributed by atoms with Gasteiger partial charge in [0.15, 0.2) is 0 Å². The number of nitrogens with zero attached hydrogens (tertiary/aromatic N) is 1. The van der Waals surface area contributed by atoms with Crippen molar-refractivity contribution in [1.82, 2.24) is 4.90 Å². The van der Waals surface area contributed by atoms with Crippen molar-refractivity contribution in [3.05, 3.63) is 35.9 Å². The summed E-state index contributed by atoms with van der Waals surface area (Å²) in [6, 6.07) is 9.79. The number of hydrogen-bond acceptors (Lipinski definition) is 3. The maximum atomic E-state index is 12.0. The van der Waals surface area contributed by atoms with Gasteiger partial charge >= 0.3 is 6.09 Å². The third kappa shape index (κ3) is 2.22. The standard InChI is InChI=1S/C17H23NO3/c1-15(2,3)21-14(19)18-11-16(12-18)9-10-17(16,20)13-7-5-4-6-8-13/h4-8,20H,9-12H2,1-3H3. The number of carbonyl (C=O) groups excluding carboxylic acids is 1. The van der Waals surface area contributed by atoms with Gasteiger partial charge in [-0.25, -0.2) is 4.79 Å². The van der Waals surface area contributed by atoms with Gasteiger partial charge in [-0.2, -0.15) is 0 Å². The van der Waals surface area contributed by atoms with E-state index in [9.17, 15) is 9.90 Å².